The number of rotatable bonds is 4. The number of nitrogens with one attached hydrogen (secondary N) is 1. The van der Waals surface area contributed by atoms with Gasteiger partial charge in [0.1, 0.15) is 0 Å². The molecule has 0 bridgehead atoms. The highest BCUT2D eigenvalue weighted by Crippen LogP contribution is 2.37. The van der Waals surface area contributed by atoms with Crippen LogP contribution in [0.25, 0.3) is 12.2 Å². The Morgan fingerprint density at radius 2 is 1.44 bits per heavy atom. The van der Waals surface area contributed by atoms with Gasteiger partial charge in [0, 0.05) is 17.7 Å². The molecule has 170 valence electrons. The van der Waals surface area contributed by atoms with E-state index in [4.69, 9.17) is 0 Å². The number of H-pyrrole nitrogens is 1. The lowest BCUT2D eigenvalue weighted by Gasteiger charge is -2.21. The van der Waals surface area contributed by atoms with Gasteiger partial charge in [-0.1, -0.05) is 72.8 Å². The molecule has 0 saturated carbocycles. The molecule has 4 aromatic rings. The van der Waals surface area contributed by atoms with Gasteiger partial charge < -0.3 is 14.8 Å². The fourth-order valence-electron chi connectivity index (χ4n) is 4.43. The molecule has 0 atom stereocenters. The molecule has 0 radical (unpaired) electrons. The minimum absolute atomic E-state index is 0.121. The van der Waals surface area contributed by atoms with Crippen LogP contribution >= 0.6 is 7.60 Å². The first-order valence-corrected chi connectivity index (χ1v) is 12.3. The normalized spacial score (nSPS) is 13.2. The van der Waals surface area contributed by atoms with Crippen LogP contribution in [-0.2, 0) is 11.1 Å². The van der Waals surface area contributed by atoms with E-state index in [-0.39, 0.29) is 11.8 Å². The van der Waals surface area contributed by atoms with Crippen molar-refractivity contribution in [3.05, 3.63) is 133 Å². The molecule has 3 N–H and O–H groups in total. The molecule has 0 spiro atoms. The zero-order chi connectivity index (χ0) is 23.9. The van der Waals surface area contributed by atoms with Gasteiger partial charge in [0.15, 0.2) is 0 Å². The van der Waals surface area contributed by atoms with Gasteiger partial charge in [-0.2, -0.15) is 0 Å². The lowest BCUT2D eigenvalue weighted by molar-refractivity contribution is 0.387. The number of hydrogen-bond donors (Lipinski definition) is 3. The summed E-state index contributed by atoms with van der Waals surface area (Å²) in [4.78, 5) is 48.0. The fraction of sp³-hybridized carbons (Fsp3) is 0.0769. The average Bonchev–Trinajstić information content (AvgIpc) is 2.99. The van der Waals surface area contributed by atoms with Gasteiger partial charge in [-0.25, -0.2) is 4.79 Å². The summed E-state index contributed by atoms with van der Waals surface area (Å²) in [5, 5.41) is -0.164. The molecule has 0 amide bonds. The second-order valence-electron chi connectivity index (χ2n) is 8.18. The third-order valence-electron chi connectivity index (χ3n) is 6.04. The van der Waals surface area contributed by atoms with E-state index < -0.39 is 24.8 Å². The van der Waals surface area contributed by atoms with E-state index in [1.807, 2.05) is 60.7 Å². The molecule has 0 unspecified atom stereocenters. The maximum Gasteiger partial charge on any atom is 0.356 e. The fourth-order valence-corrected chi connectivity index (χ4v) is 5.04. The molecule has 0 fully saturated rings. The van der Waals surface area contributed by atoms with E-state index in [0.717, 1.165) is 26.8 Å². The van der Waals surface area contributed by atoms with Crippen molar-refractivity contribution in [1.29, 1.82) is 0 Å². The second-order valence-corrected chi connectivity index (χ2v) is 9.78. The molecule has 7 nitrogen and oxygen atoms in total. The van der Waals surface area contributed by atoms with Crippen molar-refractivity contribution in [3.63, 3.8) is 0 Å². The molecule has 1 aromatic heterocycles. The van der Waals surface area contributed by atoms with Gasteiger partial charge in [0.05, 0.1) is 11.8 Å². The summed E-state index contributed by atoms with van der Waals surface area (Å²) in [6, 6.07) is 21.4. The van der Waals surface area contributed by atoms with Crippen LogP contribution in [0.1, 0.15) is 39.3 Å². The van der Waals surface area contributed by atoms with E-state index in [2.05, 4.69) is 4.98 Å². The SMILES string of the molecule is O=c1[nH]cc(C2c3ccccc3C=Cc3ccccc32)c(=O)n1Cc1cccc(P(=O)(O)O)c1. The van der Waals surface area contributed by atoms with Crippen molar-refractivity contribution in [2.45, 2.75) is 12.5 Å². The maximum absolute atomic E-state index is 13.7. The Morgan fingerprint density at radius 3 is 2.06 bits per heavy atom. The third-order valence-corrected chi connectivity index (χ3v) is 6.99. The zero-order valence-corrected chi connectivity index (χ0v) is 18.9. The molecule has 0 aliphatic heterocycles. The number of aromatic amines is 1. The van der Waals surface area contributed by atoms with Crippen molar-refractivity contribution in [2.24, 2.45) is 0 Å². The van der Waals surface area contributed by atoms with E-state index in [1.54, 1.807) is 6.07 Å². The van der Waals surface area contributed by atoms with Gasteiger partial charge in [-0.15, -0.1) is 0 Å². The molecule has 1 aliphatic carbocycles. The molecule has 8 heteroatoms. The topological polar surface area (TPSA) is 112 Å². The minimum atomic E-state index is -4.46. The summed E-state index contributed by atoms with van der Waals surface area (Å²) >= 11 is 0. The van der Waals surface area contributed by atoms with Gasteiger partial charge in [-0.3, -0.25) is 13.9 Å². The average molecular weight is 472 g/mol. The third kappa shape index (κ3) is 4.01. The zero-order valence-electron chi connectivity index (χ0n) is 18.0. The Hall–Kier alpha value is -3.77. The lowest BCUT2D eigenvalue weighted by Crippen LogP contribution is -2.38. The second kappa shape index (κ2) is 8.54. The van der Waals surface area contributed by atoms with Gasteiger partial charge in [0.25, 0.3) is 5.56 Å². The van der Waals surface area contributed by atoms with Gasteiger partial charge in [-0.05, 0) is 39.9 Å². The van der Waals surface area contributed by atoms with Crippen LogP contribution in [0.4, 0.5) is 0 Å². The largest absolute Gasteiger partial charge is 0.356 e. The summed E-state index contributed by atoms with van der Waals surface area (Å²) in [6.45, 7) is -0.121. The highest BCUT2D eigenvalue weighted by molar-refractivity contribution is 7.60. The first-order valence-electron chi connectivity index (χ1n) is 10.7. The highest BCUT2D eigenvalue weighted by Gasteiger charge is 2.26. The van der Waals surface area contributed by atoms with E-state index in [1.165, 1.54) is 24.4 Å². The van der Waals surface area contributed by atoms with Crippen molar-refractivity contribution in [3.8, 4) is 0 Å². The van der Waals surface area contributed by atoms with Crippen LogP contribution in [0.5, 0.6) is 0 Å². The number of aromatic nitrogens is 2. The van der Waals surface area contributed by atoms with Crippen molar-refractivity contribution in [1.82, 2.24) is 9.55 Å². The number of fused-ring (bicyclic) bond motifs is 2. The van der Waals surface area contributed by atoms with E-state index in [0.29, 0.717) is 11.1 Å². The Labute approximate surface area is 194 Å². The van der Waals surface area contributed by atoms with Crippen LogP contribution in [-0.4, -0.2) is 19.3 Å². The summed E-state index contributed by atoms with van der Waals surface area (Å²) in [5.74, 6) is -0.403. The van der Waals surface area contributed by atoms with Crippen molar-refractivity contribution < 1.29 is 14.4 Å². The monoisotopic (exact) mass is 472 g/mol. The molecule has 3 aromatic carbocycles. The van der Waals surface area contributed by atoms with Crippen LogP contribution < -0.4 is 16.6 Å². The quantitative estimate of drug-likeness (QED) is 0.348. The smallest absolute Gasteiger partial charge is 0.321 e. The number of benzene rings is 3. The lowest BCUT2D eigenvalue weighted by atomic mass is 9.83. The maximum atomic E-state index is 13.7. The molecule has 1 aliphatic rings. The van der Waals surface area contributed by atoms with E-state index in [9.17, 15) is 23.9 Å². The number of nitrogens with zero attached hydrogens (tertiary/aromatic N) is 1. The standard InChI is InChI=1S/C26H21N2O5P/c29-25-23(15-27-26(30)28(25)16-17-6-5-9-20(14-17)34(31,32)33)24-21-10-3-1-7-18(21)12-13-19-8-2-4-11-22(19)24/h1-15,24H,16H2,(H,27,30)(H2,31,32,33). The first-order chi connectivity index (χ1) is 16.3. The predicted octanol–water partition coefficient (Wildman–Crippen LogP) is 3.05. The minimum Gasteiger partial charge on any atom is -0.321 e. The summed E-state index contributed by atoms with van der Waals surface area (Å²) in [7, 11) is -4.46. The predicted molar refractivity (Wildman–Crippen MR) is 131 cm³/mol. The van der Waals surface area contributed by atoms with Crippen molar-refractivity contribution >= 4 is 25.1 Å². The summed E-state index contributed by atoms with van der Waals surface area (Å²) in [5.41, 5.74) is 3.66. The van der Waals surface area contributed by atoms with Gasteiger partial charge in [0.2, 0.25) is 0 Å². The van der Waals surface area contributed by atoms with Crippen LogP contribution in [0.2, 0.25) is 0 Å². The molecule has 34 heavy (non-hydrogen) atoms. The van der Waals surface area contributed by atoms with Crippen LogP contribution in [0.3, 0.4) is 0 Å². The molecule has 0 saturated heterocycles. The summed E-state index contributed by atoms with van der Waals surface area (Å²) in [6.07, 6.45) is 5.51. The Kier molecular flexibility index (Phi) is 5.54. The molecule has 5 rings (SSSR count). The van der Waals surface area contributed by atoms with Crippen LogP contribution in [0, 0.1) is 0 Å². The Morgan fingerprint density at radius 1 is 0.824 bits per heavy atom. The molecular formula is C26H21N2O5P. The van der Waals surface area contributed by atoms with Crippen LogP contribution in [0.15, 0.2) is 88.6 Å². The summed E-state index contributed by atoms with van der Waals surface area (Å²) < 4.78 is 12.7. The molecular weight excluding hydrogens is 451 g/mol. The highest BCUT2D eigenvalue weighted by atomic mass is 31.2. The first kappa shape index (κ1) is 22.0. The number of hydrogen-bond acceptors (Lipinski definition) is 3. The molecule has 1 heterocycles. The van der Waals surface area contributed by atoms with Crippen molar-refractivity contribution in [2.75, 3.05) is 0 Å². The van der Waals surface area contributed by atoms with Gasteiger partial charge >= 0.3 is 13.3 Å². The Balaban J connectivity index is 1.67. The Bertz CT molecular complexity index is 1550. The van der Waals surface area contributed by atoms with E-state index >= 15 is 0 Å².